The van der Waals surface area contributed by atoms with Gasteiger partial charge in [-0.05, 0) is 6.07 Å². The molecule has 0 amide bonds. The third kappa shape index (κ3) is 1.82. The molecule has 50 valence electrons. The van der Waals surface area contributed by atoms with Crippen molar-refractivity contribution in [1.82, 2.24) is 9.97 Å². The van der Waals surface area contributed by atoms with Crippen LogP contribution in [0.1, 0.15) is 12.1 Å². The van der Waals surface area contributed by atoms with Crippen LogP contribution in [0.3, 0.4) is 0 Å². The van der Waals surface area contributed by atoms with Crippen LogP contribution in [0.5, 0.6) is 0 Å². The van der Waals surface area contributed by atoms with Gasteiger partial charge in [0.2, 0.25) is 0 Å². The fourth-order valence-corrected chi connectivity index (χ4v) is 0.650. The van der Waals surface area contributed by atoms with E-state index < -0.39 is 0 Å². The van der Waals surface area contributed by atoms with Crippen molar-refractivity contribution < 1.29 is 0 Å². The third-order valence-corrected chi connectivity index (χ3v) is 1.14. The van der Waals surface area contributed by atoms with Gasteiger partial charge in [-0.25, -0.2) is 9.97 Å². The van der Waals surface area contributed by atoms with Crippen molar-refractivity contribution in [2.75, 3.05) is 0 Å². The van der Waals surface area contributed by atoms with Crippen LogP contribution in [0, 0.1) is 11.3 Å². The molecular formula is C7H7N3. The van der Waals surface area contributed by atoms with Crippen LogP contribution in [-0.2, 0) is 6.42 Å². The van der Waals surface area contributed by atoms with Gasteiger partial charge in [0, 0.05) is 24.7 Å². The van der Waals surface area contributed by atoms with Gasteiger partial charge in [0.25, 0.3) is 0 Å². The highest BCUT2D eigenvalue weighted by atomic mass is 14.8. The molecule has 0 N–H and O–H groups in total. The van der Waals surface area contributed by atoms with Crippen molar-refractivity contribution >= 4 is 0 Å². The largest absolute Gasteiger partial charge is 0.245 e. The average molecular weight is 133 g/mol. The van der Waals surface area contributed by atoms with E-state index in [-0.39, 0.29) is 0 Å². The Bertz CT molecular complexity index is 224. The SMILES string of the molecule is N#CCCc1ccncn1. The van der Waals surface area contributed by atoms with E-state index in [1.807, 2.05) is 6.07 Å². The zero-order chi connectivity index (χ0) is 7.23. The van der Waals surface area contributed by atoms with Crippen molar-refractivity contribution in [2.45, 2.75) is 12.8 Å². The van der Waals surface area contributed by atoms with Crippen molar-refractivity contribution in [1.29, 1.82) is 5.26 Å². The Labute approximate surface area is 59.4 Å². The molecule has 0 radical (unpaired) electrons. The molecule has 0 unspecified atom stereocenters. The van der Waals surface area contributed by atoms with Gasteiger partial charge in [0.15, 0.2) is 0 Å². The summed E-state index contributed by atoms with van der Waals surface area (Å²) in [5, 5.41) is 8.23. The molecule has 0 fully saturated rings. The molecule has 0 aliphatic carbocycles. The summed E-state index contributed by atoms with van der Waals surface area (Å²) in [5.74, 6) is 0. The van der Waals surface area contributed by atoms with Gasteiger partial charge in [-0.15, -0.1) is 0 Å². The van der Waals surface area contributed by atoms with E-state index >= 15 is 0 Å². The summed E-state index contributed by atoms with van der Waals surface area (Å²) in [7, 11) is 0. The van der Waals surface area contributed by atoms with Gasteiger partial charge in [-0.2, -0.15) is 5.26 Å². The maximum atomic E-state index is 8.23. The maximum absolute atomic E-state index is 8.23. The van der Waals surface area contributed by atoms with Gasteiger partial charge in [-0.3, -0.25) is 0 Å². The molecule has 0 atom stereocenters. The Morgan fingerprint density at radius 1 is 1.60 bits per heavy atom. The van der Waals surface area contributed by atoms with Crippen LogP contribution in [0.25, 0.3) is 0 Å². The van der Waals surface area contributed by atoms with Crippen LogP contribution in [0.4, 0.5) is 0 Å². The molecule has 1 heterocycles. The predicted octanol–water partition coefficient (Wildman–Crippen LogP) is 0.933. The lowest BCUT2D eigenvalue weighted by Gasteiger charge is -1.91. The van der Waals surface area contributed by atoms with E-state index in [4.69, 9.17) is 5.26 Å². The fourth-order valence-electron chi connectivity index (χ4n) is 0.650. The number of nitriles is 1. The average Bonchev–Trinajstić information content (AvgIpc) is 2.03. The van der Waals surface area contributed by atoms with Crippen LogP contribution < -0.4 is 0 Å². The lowest BCUT2D eigenvalue weighted by molar-refractivity contribution is 0.933. The van der Waals surface area contributed by atoms with E-state index in [0.717, 1.165) is 12.1 Å². The van der Waals surface area contributed by atoms with Crippen molar-refractivity contribution in [3.8, 4) is 6.07 Å². The summed E-state index contributed by atoms with van der Waals surface area (Å²) in [4.78, 5) is 7.71. The molecule has 1 aromatic heterocycles. The molecular weight excluding hydrogens is 126 g/mol. The van der Waals surface area contributed by atoms with Crippen molar-refractivity contribution in [3.63, 3.8) is 0 Å². The minimum Gasteiger partial charge on any atom is -0.245 e. The molecule has 1 rings (SSSR count). The minimum absolute atomic E-state index is 0.525. The minimum atomic E-state index is 0.525. The molecule has 0 aliphatic heterocycles. The second-order valence-electron chi connectivity index (χ2n) is 1.86. The second-order valence-corrected chi connectivity index (χ2v) is 1.86. The second kappa shape index (κ2) is 3.57. The normalized spacial score (nSPS) is 8.70. The highest BCUT2D eigenvalue weighted by molar-refractivity contribution is 4.99. The zero-order valence-electron chi connectivity index (χ0n) is 5.49. The topological polar surface area (TPSA) is 49.6 Å². The van der Waals surface area contributed by atoms with Gasteiger partial charge in [0.1, 0.15) is 6.33 Å². The lowest BCUT2D eigenvalue weighted by atomic mass is 10.2. The Balaban J connectivity index is 2.52. The number of aromatic nitrogens is 2. The molecule has 0 spiro atoms. The summed E-state index contributed by atoms with van der Waals surface area (Å²) in [6, 6.07) is 3.87. The van der Waals surface area contributed by atoms with Crippen LogP contribution in [0.2, 0.25) is 0 Å². The van der Waals surface area contributed by atoms with Gasteiger partial charge >= 0.3 is 0 Å². The highest BCUT2D eigenvalue weighted by Crippen LogP contribution is 1.94. The number of hydrogen-bond donors (Lipinski definition) is 0. The molecule has 10 heavy (non-hydrogen) atoms. The molecule has 0 aliphatic rings. The Kier molecular flexibility index (Phi) is 2.39. The zero-order valence-corrected chi connectivity index (χ0v) is 5.49. The number of rotatable bonds is 2. The van der Waals surface area contributed by atoms with E-state index in [1.54, 1.807) is 6.20 Å². The molecule has 0 bridgehead atoms. The van der Waals surface area contributed by atoms with Crippen LogP contribution in [0.15, 0.2) is 18.6 Å². The maximum Gasteiger partial charge on any atom is 0.115 e. The molecule has 0 aromatic carbocycles. The lowest BCUT2D eigenvalue weighted by Crippen LogP contribution is -1.87. The van der Waals surface area contributed by atoms with Crippen LogP contribution in [-0.4, -0.2) is 9.97 Å². The Morgan fingerprint density at radius 3 is 3.10 bits per heavy atom. The molecule has 0 saturated heterocycles. The van der Waals surface area contributed by atoms with Crippen molar-refractivity contribution in [2.24, 2.45) is 0 Å². The standard InChI is InChI=1S/C7H7N3/c8-4-1-2-7-3-5-9-6-10-7/h3,5-6H,1-2H2. The number of hydrogen-bond acceptors (Lipinski definition) is 3. The summed E-state index contributed by atoms with van der Waals surface area (Å²) < 4.78 is 0. The first kappa shape index (κ1) is 6.69. The smallest absolute Gasteiger partial charge is 0.115 e. The van der Waals surface area contributed by atoms with Gasteiger partial charge in [-0.1, -0.05) is 0 Å². The van der Waals surface area contributed by atoms with E-state index in [1.165, 1.54) is 6.33 Å². The first-order valence-corrected chi connectivity index (χ1v) is 3.05. The molecule has 3 nitrogen and oxygen atoms in total. The third-order valence-electron chi connectivity index (χ3n) is 1.14. The molecule has 0 saturated carbocycles. The van der Waals surface area contributed by atoms with Gasteiger partial charge in [0.05, 0.1) is 6.07 Å². The quantitative estimate of drug-likeness (QED) is 0.603. The summed E-state index contributed by atoms with van der Waals surface area (Å²) in [6.45, 7) is 0. The summed E-state index contributed by atoms with van der Waals surface area (Å²) >= 11 is 0. The fraction of sp³-hybridized carbons (Fsp3) is 0.286. The van der Waals surface area contributed by atoms with E-state index in [0.29, 0.717) is 6.42 Å². The highest BCUT2D eigenvalue weighted by Gasteiger charge is 1.89. The molecule has 3 heteroatoms. The summed E-state index contributed by atoms with van der Waals surface area (Å²) in [6.07, 6.45) is 4.42. The van der Waals surface area contributed by atoms with E-state index in [9.17, 15) is 0 Å². The Morgan fingerprint density at radius 2 is 2.50 bits per heavy atom. The predicted molar refractivity (Wildman–Crippen MR) is 36.0 cm³/mol. The number of nitrogens with zero attached hydrogens (tertiary/aromatic N) is 3. The Hall–Kier alpha value is -1.43. The first-order chi connectivity index (χ1) is 4.93. The number of aryl methyl sites for hydroxylation is 1. The van der Waals surface area contributed by atoms with Crippen molar-refractivity contribution in [3.05, 3.63) is 24.3 Å². The summed E-state index contributed by atoms with van der Waals surface area (Å²) in [5.41, 5.74) is 0.927. The molecule has 1 aromatic rings. The van der Waals surface area contributed by atoms with Gasteiger partial charge < -0.3 is 0 Å². The van der Waals surface area contributed by atoms with Crippen LogP contribution >= 0.6 is 0 Å². The first-order valence-electron chi connectivity index (χ1n) is 3.05. The van der Waals surface area contributed by atoms with E-state index in [2.05, 4.69) is 16.0 Å². The monoisotopic (exact) mass is 133 g/mol.